The minimum absolute atomic E-state index is 0.0482. The Kier molecular flexibility index (Phi) is 15.0. The Morgan fingerprint density at radius 3 is 1.46 bits per heavy atom. The third kappa shape index (κ3) is 13.0. The molecule has 12 heteroatoms. The Morgan fingerprint density at radius 2 is 1.10 bits per heavy atom. The Balaban J connectivity index is 6.31. The van der Waals surface area contributed by atoms with Gasteiger partial charge in [0.15, 0.2) is 0 Å². The summed E-state index contributed by atoms with van der Waals surface area (Å²) in [7, 11) is 4.92. The Morgan fingerprint density at radius 1 is 0.692 bits per heavy atom. The molecule has 0 aliphatic heterocycles. The van der Waals surface area contributed by atoms with Crippen LogP contribution in [-0.4, -0.2) is 59.8 Å². The molecule has 0 saturated carbocycles. The summed E-state index contributed by atoms with van der Waals surface area (Å²) in [4.78, 5) is 39.6. The third-order valence-corrected chi connectivity index (χ3v) is 15.3. The van der Waals surface area contributed by atoms with Crippen molar-refractivity contribution in [2.24, 2.45) is 16.2 Å². The molecule has 0 amide bonds. The molecule has 0 spiro atoms. The molecule has 0 aliphatic carbocycles. The Labute approximate surface area is 276 Å². The minimum atomic E-state index is -0.939. The van der Waals surface area contributed by atoms with Crippen LogP contribution in [0.15, 0.2) is 0 Å². The van der Waals surface area contributed by atoms with Crippen LogP contribution in [0.1, 0.15) is 95.9 Å². The van der Waals surface area contributed by atoms with E-state index in [0.717, 1.165) is 0 Å². The van der Waals surface area contributed by atoms with Gasteiger partial charge in [-0.3, -0.25) is 14.4 Å². The molecule has 0 aliphatic rings. The van der Waals surface area contributed by atoms with Crippen molar-refractivity contribution >= 4 is 98.7 Å². The average Bonchev–Trinajstić information content (AvgIpc) is 2.76. The second-order valence-corrected chi connectivity index (χ2v) is 20.8. The zero-order valence-corrected chi connectivity index (χ0v) is 32.8. The van der Waals surface area contributed by atoms with E-state index in [1.54, 1.807) is 36.6 Å². The summed E-state index contributed by atoms with van der Waals surface area (Å²) < 4.78 is 16.2. The second-order valence-electron chi connectivity index (χ2n) is 14.6. The standard InChI is InChI=1S/C27H49BI2O6S3/c1-21(2,3)13-27(16-35-19(32)24(8,9)39-30,15-34-18(31)23(6,7)25(10,11)37)17-36-20(33)26(12,28)14-22(4,5)38-29/h37H,13-17,28H2,1-12H3. The second kappa shape index (κ2) is 14.6. The van der Waals surface area contributed by atoms with E-state index in [1.165, 1.54) is 8.93 Å². The summed E-state index contributed by atoms with van der Waals surface area (Å²) in [5, 5.41) is -0.736. The molecule has 0 aromatic heterocycles. The molecular formula is C27H49BI2O6S3. The number of hydrogen-bond acceptors (Lipinski definition) is 9. The number of rotatable bonds is 15. The lowest BCUT2D eigenvalue weighted by atomic mass is 9.65. The van der Waals surface area contributed by atoms with Gasteiger partial charge in [0.1, 0.15) is 32.4 Å². The van der Waals surface area contributed by atoms with Gasteiger partial charge < -0.3 is 14.2 Å². The number of hydrogen-bond donors (Lipinski definition) is 1. The van der Waals surface area contributed by atoms with Crippen molar-refractivity contribution in [3.05, 3.63) is 0 Å². The molecular weight excluding hydrogens is 781 g/mol. The fourth-order valence-corrected chi connectivity index (χ4v) is 5.69. The van der Waals surface area contributed by atoms with Crippen LogP contribution >= 0.6 is 72.9 Å². The zero-order valence-electron chi connectivity index (χ0n) is 26.0. The largest absolute Gasteiger partial charge is 0.465 e. The van der Waals surface area contributed by atoms with E-state index in [9.17, 15) is 14.4 Å². The molecule has 0 rings (SSSR count). The van der Waals surface area contributed by atoms with Crippen LogP contribution in [0.5, 0.6) is 0 Å². The van der Waals surface area contributed by atoms with Gasteiger partial charge in [-0.1, -0.05) is 45.6 Å². The Bertz CT molecular complexity index is 867. The number of carbonyl (C=O) groups is 3. The van der Waals surface area contributed by atoms with Crippen molar-refractivity contribution in [2.75, 3.05) is 19.8 Å². The molecule has 0 heterocycles. The first kappa shape index (κ1) is 40.0. The molecule has 0 saturated heterocycles. The van der Waals surface area contributed by atoms with Crippen molar-refractivity contribution < 1.29 is 28.6 Å². The predicted octanol–water partition coefficient (Wildman–Crippen LogP) is 7.70. The van der Waals surface area contributed by atoms with Crippen molar-refractivity contribution in [3.8, 4) is 0 Å². The normalized spacial score (nSPS) is 16.6. The maximum Gasteiger partial charge on any atom is 0.322 e. The molecule has 6 nitrogen and oxygen atoms in total. The number of thiol groups is 1. The molecule has 2 unspecified atom stereocenters. The molecule has 39 heavy (non-hydrogen) atoms. The van der Waals surface area contributed by atoms with Gasteiger partial charge in [0.05, 0.1) is 10.8 Å². The smallest absolute Gasteiger partial charge is 0.322 e. The molecule has 0 aromatic rings. The quantitative estimate of drug-likeness (QED) is 0.0592. The van der Waals surface area contributed by atoms with Crippen LogP contribution in [0, 0.1) is 16.2 Å². The number of ether oxygens (including phenoxy) is 3. The molecule has 0 fully saturated rings. The van der Waals surface area contributed by atoms with Gasteiger partial charge in [0.25, 0.3) is 0 Å². The topological polar surface area (TPSA) is 78.9 Å². The maximum absolute atomic E-state index is 13.4. The summed E-state index contributed by atoms with van der Waals surface area (Å²) in [6, 6.07) is 0. The van der Waals surface area contributed by atoms with E-state index in [1.807, 2.05) is 28.6 Å². The summed E-state index contributed by atoms with van der Waals surface area (Å²) in [6.45, 7) is 23.0. The number of carbonyl (C=O) groups excluding carboxylic acids is 3. The van der Waals surface area contributed by atoms with Crippen LogP contribution in [-0.2, 0) is 28.6 Å². The highest BCUT2D eigenvalue weighted by Gasteiger charge is 2.46. The van der Waals surface area contributed by atoms with Gasteiger partial charge in [-0.25, -0.2) is 0 Å². The molecule has 228 valence electrons. The lowest BCUT2D eigenvalue weighted by Crippen LogP contribution is -2.47. The summed E-state index contributed by atoms with van der Waals surface area (Å²) >= 11 is 8.96. The first-order valence-electron chi connectivity index (χ1n) is 13.0. The minimum Gasteiger partial charge on any atom is -0.465 e. The number of esters is 3. The average molecular weight is 831 g/mol. The molecule has 0 aromatic carbocycles. The highest BCUT2D eigenvalue weighted by Crippen LogP contribution is 2.44. The van der Waals surface area contributed by atoms with Crippen LogP contribution in [0.25, 0.3) is 0 Å². The first-order chi connectivity index (χ1) is 17.2. The molecule has 2 atom stereocenters. The van der Waals surface area contributed by atoms with Crippen LogP contribution < -0.4 is 0 Å². The van der Waals surface area contributed by atoms with Gasteiger partial charge in [-0.2, -0.15) is 12.6 Å². The van der Waals surface area contributed by atoms with Crippen molar-refractivity contribution in [1.29, 1.82) is 0 Å². The summed E-state index contributed by atoms with van der Waals surface area (Å²) in [5.41, 5.74) is -2.07. The van der Waals surface area contributed by atoms with E-state index in [4.69, 9.17) is 14.2 Å². The van der Waals surface area contributed by atoms with E-state index >= 15 is 0 Å². The summed E-state index contributed by atoms with van der Waals surface area (Å²) in [5.74, 6) is -1.13. The fraction of sp³-hybridized carbons (Fsp3) is 0.889. The van der Waals surface area contributed by atoms with Crippen molar-refractivity contribution in [1.82, 2.24) is 0 Å². The lowest BCUT2D eigenvalue weighted by Gasteiger charge is -2.40. The van der Waals surface area contributed by atoms with Gasteiger partial charge in [-0.05, 0) is 116 Å². The SMILES string of the molecule is BC(C)(CC(C)(C)SI)C(=O)OCC(COC(=O)C(C)(C)SI)(COC(=O)C(C)(C)C(C)(C)S)CC(C)(C)C. The van der Waals surface area contributed by atoms with Crippen molar-refractivity contribution in [2.45, 2.75) is 115 Å². The predicted molar refractivity (Wildman–Crippen MR) is 189 cm³/mol. The van der Waals surface area contributed by atoms with E-state index in [0.29, 0.717) is 12.8 Å². The molecule has 0 radical (unpaired) electrons. The van der Waals surface area contributed by atoms with Crippen LogP contribution in [0.3, 0.4) is 0 Å². The molecule has 0 bridgehead atoms. The lowest BCUT2D eigenvalue weighted by molar-refractivity contribution is -0.171. The van der Waals surface area contributed by atoms with Crippen molar-refractivity contribution in [3.63, 3.8) is 0 Å². The Hall–Kier alpha value is 0.985. The molecule has 0 N–H and O–H groups in total. The van der Waals surface area contributed by atoms with Gasteiger partial charge in [-0.15, -0.1) is 0 Å². The summed E-state index contributed by atoms with van der Waals surface area (Å²) in [6.07, 6.45) is 1.11. The third-order valence-electron chi connectivity index (χ3n) is 6.79. The fourth-order valence-electron chi connectivity index (χ4n) is 4.05. The highest BCUT2D eigenvalue weighted by molar-refractivity contribution is 14.2. The number of halogens is 2. The van der Waals surface area contributed by atoms with Gasteiger partial charge in [0.2, 0.25) is 0 Å². The van der Waals surface area contributed by atoms with E-state index in [-0.39, 0.29) is 41.9 Å². The van der Waals surface area contributed by atoms with Gasteiger partial charge in [0, 0.05) is 14.8 Å². The van der Waals surface area contributed by atoms with Gasteiger partial charge >= 0.3 is 17.9 Å². The highest BCUT2D eigenvalue weighted by atomic mass is 127. The maximum atomic E-state index is 13.4. The van der Waals surface area contributed by atoms with Crippen LogP contribution in [0.4, 0.5) is 0 Å². The first-order valence-corrected chi connectivity index (χ1v) is 20.2. The zero-order chi connectivity index (χ0) is 31.3. The monoisotopic (exact) mass is 830 g/mol. The van der Waals surface area contributed by atoms with E-state index in [2.05, 4.69) is 89.7 Å². The van der Waals surface area contributed by atoms with E-state index < -0.39 is 31.6 Å². The van der Waals surface area contributed by atoms with Crippen LogP contribution in [0.2, 0.25) is 5.31 Å².